The zero-order valence-electron chi connectivity index (χ0n) is 7.50. The van der Waals surface area contributed by atoms with Crippen LogP contribution >= 0.6 is 15.9 Å². The second-order valence-electron chi connectivity index (χ2n) is 2.52. The maximum atomic E-state index is 12.5. The lowest BCUT2D eigenvalue weighted by Crippen LogP contribution is -2.05. The van der Waals surface area contributed by atoms with Crippen LogP contribution in [0.2, 0.25) is 0 Å². The van der Waals surface area contributed by atoms with Crippen LogP contribution in [0.5, 0.6) is 5.88 Å². The predicted octanol–water partition coefficient (Wildman–Crippen LogP) is 2.49. The molecule has 0 aliphatic heterocycles. The number of methoxy groups -OCH3 is 1. The summed E-state index contributed by atoms with van der Waals surface area (Å²) >= 11 is 2.84. The van der Waals surface area contributed by atoms with Gasteiger partial charge in [0.2, 0.25) is 5.88 Å². The van der Waals surface area contributed by atoms with E-state index in [0.29, 0.717) is 0 Å². The summed E-state index contributed by atoms with van der Waals surface area (Å²) in [5, 5.41) is 8.63. The number of halogens is 3. The lowest BCUT2D eigenvalue weighted by Gasteiger charge is -2.09. The zero-order chi connectivity index (χ0) is 11.6. The van der Waals surface area contributed by atoms with Crippen LogP contribution in [-0.4, -0.2) is 23.2 Å². The summed E-state index contributed by atoms with van der Waals surface area (Å²) in [5.41, 5.74) is -0.814. The van der Waals surface area contributed by atoms with Gasteiger partial charge in [0, 0.05) is 4.47 Å². The van der Waals surface area contributed by atoms with Crippen molar-refractivity contribution in [1.82, 2.24) is 4.98 Å². The van der Waals surface area contributed by atoms with Gasteiger partial charge in [-0.25, -0.2) is 18.6 Å². The van der Waals surface area contributed by atoms with Crippen LogP contribution < -0.4 is 4.74 Å². The van der Waals surface area contributed by atoms with Gasteiger partial charge in [0.15, 0.2) is 5.69 Å². The van der Waals surface area contributed by atoms with Gasteiger partial charge in [-0.05, 0) is 6.07 Å². The minimum Gasteiger partial charge on any atom is -0.481 e. The highest BCUT2D eigenvalue weighted by Gasteiger charge is 2.22. The summed E-state index contributed by atoms with van der Waals surface area (Å²) in [6, 6.07) is 1.01. The first-order chi connectivity index (χ1) is 6.97. The Hall–Kier alpha value is -1.24. The highest BCUT2D eigenvalue weighted by molar-refractivity contribution is 9.10. The monoisotopic (exact) mass is 281 g/mol. The van der Waals surface area contributed by atoms with Crippen molar-refractivity contribution in [3.05, 3.63) is 21.8 Å². The minimum absolute atomic E-state index is 0.0400. The van der Waals surface area contributed by atoms with Crippen molar-refractivity contribution >= 4 is 21.9 Å². The highest BCUT2D eigenvalue weighted by atomic mass is 79.9. The van der Waals surface area contributed by atoms with Crippen molar-refractivity contribution in [3.8, 4) is 5.88 Å². The standard InChI is InChI=1S/C8H6BrF2NO3/c1-15-7-5(6(10)11)3(9)2-4(12-7)8(13)14/h2,6H,1H3,(H,13,14). The molecule has 1 N–H and O–H groups in total. The number of carboxylic acid groups (broad SMARTS) is 1. The van der Waals surface area contributed by atoms with Gasteiger partial charge < -0.3 is 9.84 Å². The number of alkyl halides is 2. The molecule has 4 nitrogen and oxygen atoms in total. The van der Waals surface area contributed by atoms with E-state index >= 15 is 0 Å². The van der Waals surface area contributed by atoms with Crippen LogP contribution in [0, 0.1) is 0 Å². The van der Waals surface area contributed by atoms with E-state index in [1.807, 2.05) is 0 Å². The van der Waals surface area contributed by atoms with E-state index < -0.39 is 23.8 Å². The third kappa shape index (κ3) is 2.41. The first-order valence-corrected chi connectivity index (χ1v) is 4.52. The molecule has 0 unspecified atom stereocenters. The second-order valence-corrected chi connectivity index (χ2v) is 3.37. The molecule has 15 heavy (non-hydrogen) atoms. The molecule has 0 aliphatic rings. The molecule has 0 bridgehead atoms. The number of nitrogens with zero attached hydrogens (tertiary/aromatic N) is 1. The summed E-state index contributed by atoms with van der Waals surface area (Å²) in [7, 11) is 1.15. The normalized spacial score (nSPS) is 10.5. The van der Waals surface area contributed by atoms with E-state index in [9.17, 15) is 13.6 Å². The number of rotatable bonds is 3. The first kappa shape index (κ1) is 11.8. The molecule has 1 aromatic heterocycles. The third-order valence-electron chi connectivity index (χ3n) is 1.60. The summed E-state index contributed by atoms with van der Waals surface area (Å²) in [4.78, 5) is 14.0. The molecular formula is C8H6BrF2NO3. The van der Waals surface area contributed by atoms with Crippen molar-refractivity contribution in [3.63, 3.8) is 0 Å². The highest BCUT2D eigenvalue weighted by Crippen LogP contribution is 2.34. The predicted molar refractivity (Wildman–Crippen MR) is 50.4 cm³/mol. The molecule has 0 atom stereocenters. The maximum absolute atomic E-state index is 12.5. The molecule has 0 aromatic carbocycles. The molecule has 82 valence electrons. The van der Waals surface area contributed by atoms with E-state index in [-0.39, 0.29) is 10.2 Å². The summed E-state index contributed by atoms with van der Waals surface area (Å²) in [6.45, 7) is 0. The Morgan fingerprint density at radius 2 is 2.27 bits per heavy atom. The number of hydrogen-bond donors (Lipinski definition) is 1. The van der Waals surface area contributed by atoms with Gasteiger partial charge in [0.1, 0.15) is 0 Å². The molecule has 0 fully saturated rings. The fourth-order valence-electron chi connectivity index (χ4n) is 0.965. The van der Waals surface area contributed by atoms with Crippen LogP contribution in [0.15, 0.2) is 10.5 Å². The van der Waals surface area contributed by atoms with Gasteiger partial charge in [-0.1, -0.05) is 15.9 Å². The van der Waals surface area contributed by atoms with Crippen molar-refractivity contribution in [1.29, 1.82) is 0 Å². The lowest BCUT2D eigenvalue weighted by molar-refractivity contribution is 0.0688. The van der Waals surface area contributed by atoms with Gasteiger partial charge in [-0.15, -0.1) is 0 Å². The van der Waals surface area contributed by atoms with E-state index in [1.165, 1.54) is 0 Å². The van der Waals surface area contributed by atoms with Crippen LogP contribution in [0.25, 0.3) is 0 Å². The zero-order valence-corrected chi connectivity index (χ0v) is 9.09. The molecule has 1 rings (SSSR count). The SMILES string of the molecule is COc1nc(C(=O)O)cc(Br)c1C(F)F. The van der Waals surface area contributed by atoms with E-state index in [0.717, 1.165) is 13.2 Å². The molecule has 1 aromatic rings. The Labute approximate surface area is 92.0 Å². The molecule has 0 saturated heterocycles. The Kier molecular flexibility index (Phi) is 3.57. The van der Waals surface area contributed by atoms with Gasteiger partial charge >= 0.3 is 5.97 Å². The van der Waals surface area contributed by atoms with Crippen LogP contribution in [-0.2, 0) is 0 Å². The Bertz CT molecular complexity index is 398. The molecular weight excluding hydrogens is 276 g/mol. The fourth-order valence-corrected chi connectivity index (χ4v) is 1.52. The van der Waals surface area contributed by atoms with E-state index in [2.05, 4.69) is 25.7 Å². The number of ether oxygens (including phenoxy) is 1. The Morgan fingerprint density at radius 1 is 1.67 bits per heavy atom. The van der Waals surface area contributed by atoms with E-state index in [1.54, 1.807) is 0 Å². The van der Waals surface area contributed by atoms with E-state index in [4.69, 9.17) is 5.11 Å². The van der Waals surface area contributed by atoms with Crippen molar-refractivity contribution in [2.24, 2.45) is 0 Å². The largest absolute Gasteiger partial charge is 0.481 e. The number of aromatic carboxylic acids is 1. The number of carbonyl (C=O) groups is 1. The molecule has 0 saturated carbocycles. The summed E-state index contributed by atoms with van der Waals surface area (Å²) < 4.78 is 29.6. The number of aromatic nitrogens is 1. The number of carboxylic acids is 1. The van der Waals surface area contributed by atoms with Crippen LogP contribution in [0.1, 0.15) is 22.5 Å². The van der Waals surface area contributed by atoms with Crippen molar-refractivity contribution in [2.45, 2.75) is 6.43 Å². The van der Waals surface area contributed by atoms with Gasteiger partial charge in [-0.2, -0.15) is 0 Å². The van der Waals surface area contributed by atoms with Crippen LogP contribution in [0.4, 0.5) is 8.78 Å². The lowest BCUT2D eigenvalue weighted by atomic mass is 10.2. The van der Waals surface area contributed by atoms with Gasteiger partial charge in [0.25, 0.3) is 6.43 Å². The quantitative estimate of drug-likeness (QED) is 0.925. The molecule has 0 aliphatic carbocycles. The third-order valence-corrected chi connectivity index (χ3v) is 2.26. The number of hydrogen-bond acceptors (Lipinski definition) is 3. The first-order valence-electron chi connectivity index (χ1n) is 3.73. The topological polar surface area (TPSA) is 59.4 Å². The average Bonchev–Trinajstić information content (AvgIpc) is 2.15. The van der Waals surface area contributed by atoms with Crippen molar-refractivity contribution in [2.75, 3.05) is 7.11 Å². The van der Waals surface area contributed by atoms with Gasteiger partial charge in [0.05, 0.1) is 12.7 Å². The maximum Gasteiger partial charge on any atom is 0.354 e. The molecule has 0 amide bonds. The average molecular weight is 282 g/mol. The molecule has 0 spiro atoms. The molecule has 0 radical (unpaired) electrons. The summed E-state index contributed by atoms with van der Waals surface area (Å²) in [5.74, 6) is -1.70. The molecule has 1 heterocycles. The second kappa shape index (κ2) is 4.52. The smallest absolute Gasteiger partial charge is 0.354 e. The van der Waals surface area contributed by atoms with Crippen molar-refractivity contribution < 1.29 is 23.4 Å². The van der Waals surface area contributed by atoms with Gasteiger partial charge in [-0.3, -0.25) is 0 Å². The van der Waals surface area contributed by atoms with Crippen LogP contribution in [0.3, 0.4) is 0 Å². The summed E-state index contributed by atoms with van der Waals surface area (Å²) in [6.07, 6.45) is -2.79. The number of pyridine rings is 1. The Morgan fingerprint density at radius 3 is 2.67 bits per heavy atom. The fraction of sp³-hybridized carbons (Fsp3) is 0.250. The molecule has 7 heteroatoms. The minimum atomic E-state index is -2.79. The Balaban J connectivity index is 3.37.